The SMILES string of the molecule is C[C@@](N)(CCc1ccc(CCCCCc2ccccc2)o1)C1(O)OC(=O)C(=O)O1. The number of furan rings is 1. The predicted octanol–water partition coefficient (Wildman–Crippen LogP) is 2.63. The first-order valence-corrected chi connectivity index (χ1v) is 9.88. The molecular formula is C22H27NO6. The molecule has 1 aliphatic rings. The van der Waals surface area contributed by atoms with Crippen molar-refractivity contribution in [3.05, 3.63) is 59.5 Å². The summed E-state index contributed by atoms with van der Waals surface area (Å²) in [5.74, 6) is -3.36. The summed E-state index contributed by atoms with van der Waals surface area (Å²) in [6, 6.07) is 14.2. The van der Waals surface area contributed by atoms with Gasteiger partial charge >= 0.3 is 17.9 Å². The molecule has 0 unspecified atom stereocenters. The minimum atomic E-state index is -2.46. The fourth-order valence-corrected chi connectivity index (χ4v) is 3.27. The van der Waals surface area contributed by atoms with Crippen molar-refractivity contribution in [3.8, 4) is 0 Å². The lowest BCUT2D eigenvalue weighted by atomic mass is 9.93. The molecular weight excluding hydrogens is 374 g/mol. The molecule has 7 nitrogen and oxygen atoms in total. The van der Waals surface area contributed by atoms with E-state index in [9.17, 15) is 14.7 Å². The molecule has 7 heteroatoms. The van der Waals surface area contributed by atoms with Crippen molar-refractivity contribution in [1.29, 1.82) is 0 Å². The number of hydrogen-bond donors (Lipinski definition) is 2. The standard InChI is InChI=1S/C22H27NO6/c1-21(23,22(26)28-19(24)20(25)29-22)15-14-18-13-12-17(27-18)11-7-3-6-10-16-8-4-2-5-9-16/h2,4-5,8-9,12-13,26H,3,6-7,10-11,14-15,23H2,1H3/t21-/m1/s1. The van der Waals surface area contributed by atoms with Gasteiger partial charge in [-0.15, -0.1) is 0 Å². The maximum Gasteiger partial charge on any atom is 0.422 e. The van der Waals surface area contributed by atoms with Gasteiger partial charge in [-0.05, 0) is 50.3 Å². The first-order valence-electron chi connectivity index (χ1n) is 9.88. The van der Waals surface area contributed by atoms with Crippen molar-refractivity contribution in [2.24, 2.45) is 5.73 Å². The van der Waals surface area contributed by atoms with E-state index in [-0.39, 0.29) is 6.42 Å². The maximum atomic E-state index is 11.2. The quantitative estimate of drug-likeness (QED) is 0.357. The Hall–Kier alpha value is -2.64. The molecule has 1 fully saturated rings. The number of carbonyl (C=O) groups excluding carboxylic acids is 2. The van der Waals surface area contributed by atoms with Crippen molar-refractivity contribution >= 4 is 11.9 Å². The van der Waals surface area contributed by atoms with Crippen molar-refractivity contribution in [2.45, 2.75) is 63.4 Å². The number of nitrogens with two attached hydrogens (primary N) is 1. The molecule has 29 heavy (non-hydrogen) atoms. The van der Waals surface area contributed by atoms with E-state index in [0.29, 0.717) is 12.2 Å². The van der Waals surface area contributed by atoms with Gasteiger partial charge in [0.05, 0.1) is 0 Å². The zero-order valence-electron chi connectivity index (χ0n) is 16.6. The summed E-state index contributed by atoms with van der Waals surface area (Å²) in [6.07, 6.45) is 5.83. The molecule has 1 saturated heterocycles. The molecule has 0 spiro atoms. The van der Waals surface area contributed by atoms with E-state index in [1.54, 1.807) is 0 Å². The van der Waals surface area contributed by atoms with Crippen LogP contribution < -0.4 is 5.73 Å². The molecule has 1 aromatic heterocycles. The molecule has 156 valence electrons. The second-order valence-electron chi connectivity index (χ2n) is 7.69. The van der Waals surface area contributed by atoms with Crippen LogP contribution in [0.4, 0.5) is 0 Å². The number of rotatable bonds is 10. The summed E-state index contributed by atoms with van der Waals surface area (Å²) in [7, 11) is 0. The average Bonchev–Trinajstić information content (AvgIpc) is 3.25. The summed E-state index contributed by atoms with van der Waals surface area (Å²) >= 11 is 0. The summed E-state index contributed by atoms with van der Waals surface area (Å²) in [6.45, 7) is 1.45. The molecule has 2 heterocycles. The van der Waals surface area contributed by atoms with Crippen molar-refractivity contribution in [3.63, 3.8) is 0 Å². The predicted molar refractivity (Wildman–Crippen MR) is 104 cm³/mol. The van der Waals surface area contributed by atoms with Crippen LogP contribution in [0.15, 0.2) is 46.9 Å². The minimum Gasteiger partial charge on any atom is -0.466 e. The lowest BCUT2D eigenvalue weighted by molar-refractivity contribution is -0.324. The van der Waals surface area contributed by atoms with Crippen molar-refractivity contribution in [2.75, 3.05) is 0 Å². The smallest absolute Gasteiger partial charge is 0.422 e. The Kier molecular flexibility index (Phi) is 6.39. The Morgan fingerprint density at radius 1 is 0.897 bits per heavy atom. The zero-order chi connectivity index (χ0) is 20.9. The third kappa shape index (κ3) is 5.25. The van der Waals surface area contributed by atoms with Gasteiger partial charge in [-0.1, -0.05) is 36.8 Å². The van der Waals surface area contributed by atoms with Crippen LogP contribution in [0.2, 0.25) is 0 Å². The van der Waals surface area contributed by atoms with E-state index in [1.807, 2.05) is 18.2 Å². The Labute approximate surface area is 169 Å². The van der Waals surface area contributed by atoms with Gasteiger partial charge in [0.1, 0.15) is 17.1 Å². The van der Waals surface area contributed by atoms with Gasteiger partial charge < -0.3 is 24.7 Å². The third-order valence-corrected chi connectivity index (χ3v) is 5.19. The Morgan fingerprint density at radius 3 is 2.14 bits per heavy atom. The lowest BCUT2D eigenvalue weighted by Crippen LogP contribution is -2.60. The van der Waals surface area contributed by atoms with Gasteiger partial charge in [0.25, 0.3) is 0 Å². The third-order valence-electron chi connectivity index (χ3n) is 5.19. The van der Waals surface area contributed by atoms with Crippen LogP contribution in [0.5, 0.6) is 0 Å². The highest BCUT2D eigenvalue weighted by Crippen LogP contribution is 2.32. The number of aliphatic hydroxyl groups is 1. The van der Waals surface area contributed by atoms with E-state index < -0.39 is 23.5 Å². The average molecular weight is 401 g/mol. The maximum absolute atomic E-state index is 11.2. The zero-order valence-corrected chi connectivity index (χ0v) is 16.6. The monoisotopic (exact) mass is 401 g/mol. The Morgan fingerprint density at radius 2 is 1.48 bits per heavy atom. The molecule has 0 aliphatic carbocycles. The van der Waals surface area contributed by atoms with E-state index in [2.05, 4.69) is 33.7 Å². The largest absolute Gasteiger partial charge is 0.466 e. The molecule has 0 saturated carbocycles. The number of unbranched alkanes of at least 4 members (excludes halogenated alkanes) is 2. The molecule has 0 radical (unpaired) electrons. The second kappa shape index (κ2) is 8.80. The van der Waals surface area contributed by atoms with Crippen LogP contribution in [-0.4, -0.2) is 28.6 Å². The van der Waals surface area contributed by atoms with Gasteiger partial charge in [0.2, 0.25) is 0 Å². The van der Waals surface area contributed by atoms with Gasteiger partial charge in [-0.25, -0.2) is 9.59 Å². The molecule has 3 rings (SSSR count). The van der Waals surface area contributed by atoms with E-state index in [4.69, 9.17) is 10.2 Å². The molecule has 1 atom stereocenters. The first kappa shape index (κ1) is 21.1. The van der Waals surface area contributed by atoms with Gasteiger partial charge in [-0.2, -0.15) is 0 Å². The first-order chi connectivity index (χ1) is 13.8. The second-order valence-corrected chi connectivity index (χ2v) is 7.69. The number of aryl methyl sites for hydroxylation is 3. The van der Waals surface area contributed by atoms with Crippen LogP contribution in [-0.2, 0) is 38.3 Å². The van der Waals surface area contributed by atoms with E-state index >= 15 is 0 Å². The van der Waals surface area contributed by atoms with Crippen LogP contribution in [0.25, 0.3) is 0 Å². The molecule has 0 amide bonds. The summed E-state index contributed by atoms with van der Waals surface area (Å²) < 4.78 is 15.1. The number of cyclic esters (lactones) is 2. The molecule has 1 aliphatic heterocycles. The fraction of sp³-hybridized carbons (Fsp3) is 0.455. The molecule has 1 aromatic carbocycles. The number of carbonyl (C=O) groups is 2. The highest BCUT2D eigenvalue weighted by atomic mass is 16.9. The van der Waals surface area contributed by atoms with Gasteiger partial charge in [-0.3, -0.25) is 0 Å². The molecule has 2 aromatic rings. The minimum absolute atomic E-state index is 0.189. The number of hydrogen-bond acceptors (Lipinski definition) is 7. The summed E-state index contributed by atoms with van der Waals surface area (Å²) in [5.41, 5.74) is 5.94. The van der Waals surface area contributed by atoms with Crippen molar-refractivity contribution < 1.29 is 28.6 Å². The fourth-order valence-electron chi connectivity index (χ4n) is 3.27. The van der Waals surface area contributed by atoms with Gasteiger partial charge in [0.15, 0.2) is 0 Å². The van der Waals surface area contributed by atoms with Crippen LogP contribution >= 0.6 is 0 Å². The van der Waals surface area contributed by atoms with Crippen LogP contribution in [0.3, 0.4) is 0 Å². The topological polar surface area (TPSA) is 112 Å². The highest BCUT2D eigenvalue weighted by Gasteiger charge is 2.58. The number of ether oxygens (including phenoxy) is 2. The molecule has 0 bridgehead atoms. The lowest BCUT2D eigenvalue weighted by Gasteiger charge is -2.34. The van der Waals surface area contributed by atoms with Crippen molar-refractivity contribution in [1.82, 2.24) is 0 Å². The molecule has 3 N–H and O–H groups in total. The number of esters is 2. The summed E-state index contributed by atoms with van der Waals surface area (Å²) in [4.78, 5) is 22.4. The van der Waals surface area contributed by atoms with Crippen LogP contribution in [0, 0.1) is 0 Å². The highest BCUT2D eigenvalue weighted by molar-refractivity contribution is 6.31. The summed E-state index contributed by atoms with van der Waals surface area (Å²) in [5, 5.41) is 10.3. The van der Waals surface area contributed by atoms with E-state index in [0.717, 1.165) is 37.9 Å². The van der Waals surface area contributed by atoms with Crippen LogP contribution in [0.1, 0.15) is 49.7 Å². The normalized spacial score (nSPS) is 17.6. The Balaban J connectivity index is 1.41. The van der Waals surface area contributed by atoms with Gasteiger partial charge in [0, 0.05) is 12.8 Å². The van der Waals surface area contributed by atoms with E-state index in [1.165, 1.54) is 12.5 Å². The number of benzene rings is 1. The Bertz CT molecular complexity index is 826.